The lowest BCUT2D eigenvalue weighted by Crippen LogP contribution is -2.78. The van der Waals surface area contributed by atoms with Crippen LogP contribution in [0.15, 0.2) is 21.6 Å². The number of hydrogen-bond acceptors (Lipinski definition) is 11. The molecule has 4 aliphatic carbocycles. The topological polar surface area (TPSA) is 146 Å². The van der Waals surface area contributed by atoms with Gasteiger partial charge in [-0.25, -0.2) is 9.79 Å². The molecule has 0 aromatic heterocycles. The lowest BCUT2D eigenvalue weighted by atomic mass is 9.35. The van der Waals surface area contributed by atoms with E-state index in [0.29, 0.717) is 44.1 Å². The van der Waals surface area contributed by atoms with Crippen molar-refractivity contribution in [2.75, 3.05) is 19.8 Å². The summed E-state index contributed by atoms with van der Waals surface area (Å²) in [5.74, 6) is -0.739. The van der Waals surface area contributed by atoms with Crippen LogP contribution in [-0.2, 0) is 38.1 Å². The Bertz CT molecular complexity index is 1690. The molecule has 8 fully saturated rings. The van der Waals surface area contributed by atoms with Crippen molar-refractivity contribution >= 4 is 29.8 Å². The molecule has 1 unspecified atom stereocenters. The number of nitrogens with zero attached hydrogens (tertiary/aromatic N) is 2. The minimum absolute atomic E-state index is 0.0707. The van der Waals surface area contributed by atoms with Crippen LogP contribution < -0.4 is 0 Å². The standard InChI is InChI=1S/C41H54N2O9/c1-36(2)29-28(44)30(45)38(4)27(40(29)20-49-35(47)39(34(40)52-36)15-5-6-16-39)13-17-37(3)31(50-33(46)32-41(37,38)51-32)24-14-18-48-26(24)12-9-22-7-10-23(11-8-22)25-19-42-21-43-25/h14,21-23,26-27,29-32,34,45H,5-13,15-20H2,1-4H3/t22?,23?,26?,27-,29+,30+,31-,32+,34-,37-,38-,40+,41+/m0/s1. The molecular weight excluding hydrogens is 664 g/mol. The number of ether oxygens (including phenoxy) is 5. The fourth-order valence-electron chi connectivity index (χ4n) is 14.5. The summed E-state index contributed by atoms with van der Waals surface area (Å²) >= 11 is 0. The number of aliphatic hydroxyl groups excluding tert-OH is 1. The lowest BCUT2D eigenvalue weighted by Gasteiger charge is -2.67. The minimum Gasteiger partial charge on any atom is -0.464 e. The van der Waals surface area contributed by atoms with E-state index in [1.54, 1.807) is 6.34 Å². The van der Waals surface area contributed by atoms with E-state index in [0.717, 1.165) is 63.5 Å². The molecule has 10 aliphatic rings. The summed E-state index contributed by atoms with van der Waals surface area (Å²) in [6.45, 7) is 9.28. The first-order valence-electron chi connectivity index (χ1n) is 20.2. The molecule has 4 saturated carbocycles. The molecule has 0 radical (unpaired) electrons. The number of carbonyl (C=O) groups excluding carboxylic acids is 3. The third-order valence-electron chi connectivity index (χ3n) is 16.7. The van der Waals surface area contributed by atoms with E-state index in [-0.39, 0.29) is 30.4 Å². The number of aliphatic hydroxyl groups is 1. The number of carbonyl (C=O) groups is 3. The van der Waals surface area contributed by atoms with Gasteiger partial charge in [-0.15, -0.1) is 0 Å². The molecule has 3 spiro atoms. The molecule has 10 rings (SSSR count). The van der Waals surface area contributed by atoms with E-state index in [9.17, 15) is 19.5 Å². The van der Waals surface area contributed by atoms with Gasteiger partial charge in [0.1, 0.15) is 30.8 Å². The quantitative estimate of drug-likeness (QED) is 0.243. The number of esters is 2. The van der Waals surface area contributed by atoms with Crippen LogP contribution in [0.25, 0.3) is 0 Å². The highest BCUT2D eigenvalue weighted by Gasteiger charge is 2.91. The summed E-state index contributed by atoms with van der Waals surface area (Å²) in [6, 6.07) is 0. The first-order chi connectivity index (χ1) is 24.8. The number of aliphatic imine (C=N–C) groups is 2. The molecule has 11 atom stereocenters. The number of rotatable bonds is 5. The Kier molecular flexibility index (Phi) is 7.25. The third-order valence-corrected chi connectivity index (χ3v) is 16.7. The Morgan fingerprint density at radius 3 is 2.42 bits per heavy atom. The van der Waals surface area contributed by atoms with Gasteiger partial charge in [0.25, 0.3) is 0 Å². The number of hydrogen-bond donors (Lipinski definition) is 1. The second-order valence-electron chi connectivity index (χ2n) is 19.1. The van der Waals surface area contributed by atoms with Gasteiger partial charge >= 0.3 is 11.9 Å². The van der Waals surface area contributed by atoms with Crippen molar-refractivity contribution in [1.29, 1.82) is 0 Å². The number of fused-ring (bicyclic) bond motifs is 2. The van der Waals surface area contributed by atoms with Crippen molar-refractivity contribution in [3.05, 3.63) is 11.6 Å². The van der Waals surface area contributed by atoms with Crippen molar-refractivity contribution < 1.29 is 43.2 Å². The summed E-state index contributed by atoms with van der Waals surface area (Å²) in [6.07, 6.45) is 11.2. The number of Topliss-reactive ketones (excluding diaryl/α,β-unsaturated/α-hetero) is 1. The zero-order chi connectivity index (χ0) is 36.1. The van der Waals surface area contributed by atoms with Gasteiger partial charge in [0, 0.05) is 22.0 Å². The largest absolute Gasteiger partial charge is 0.464 e. The molecule has 0 aromatic rings. The summed E-state index contributed by atoms with van der Waals surface area (Å²) in [5.41, 5.74) is -3.35. The monoisotopic (exact) mass is 718 g/mol. The van der Waals surface area contributed by atoms with Gasteiger partial charge in [0.05, 0.1) is 42.3 Å². The highest BCUT2D eigenvalue weighted by molar-refractivity contribution is 5.98. The van der Waals surface area contributed by atoms with Gasteiger partial charge in [-0.3, -0.25) is 14.6 Å². The summed E-state index contributed by atoms with van der Waals surface area (Å²) in [5, 5.41) is 12.5. The summed E-state index contributed by atoms with van der Waals surface area (Å²) in [7, 11) is 0. The molecule has 4 saturated heterocycles. The van der Waals surface area contributed by atoms with Crippen LogP contribution in [0.1, 0.15) is 105 Å². The Morgan fingerprint density at radius 2 is 1.69 bits per heavy atom. The van der Waals surface area contributed by atoms with Crippen molar-refractivity contribution in [3.8, 4) is 0 Å². The molecule has 11 heteroatoms. The smallest absolute Gasteiger partial charge is 0.339 e. The van der Waals surface area contributed by atoms with Gasteiger partial charge in [-0.1, -0.05) is 32.8 Å². The highest BCUT2D eigenvalue weighted by Crippen LogP contribution is 2.80. The number of cyclic esters (lactones) is 2. The number of ketones is 1. The zero-order valence-corrected chi connectivity index (χ0v) is 31.1. The maximum Gasteiger partial charge on any atom is 0.339 e. The molecule has 282 valence electrons. The van der Waals surface area contributed by atoms with E-state index >= 15 is 0 Å². The second-order valence-corrected chi connectivity index (χ2v) is 19.1. The van der Waals surface area contributed by atoms with E-state index < -0.39 is 69.2 Å². The van der Waals surface area contributed by atoms with E-state index in [2.05, 4.69) is 23.0 Å². The predicted molar refractivity (Wildman–Crippen MR) is 187 cm³/mol. The second kappa shape index (κ2) is 11.1. The Labute approximate surface area is 305 Å². The molecule has 0 bridgehead atoms. The summed E-state index contributed by atoms with van der Waals surface area (Å²) < 4.78 is 32.6. The van der Waals surface area contributed by atoms with Gasteiger partial charge < -0.3 is 28.8 Å². The fraction of sp³-hybridized carbons (Fsp3) is 0.829. The molecule has 6 heterocycles. The maximum atomic E-state index is 14.9. The first kappa shape index (κ1) is 34.1. The summed E-state index contributed by atoms with van der Waals surface area (Å²) in [4.78, 5) is 51.4. The van der Waals surface area contributed by atoms with Crippen molar-refractivity contribution in [2.24, 2.45) is 55.3 Å². The molecular formula is C41H54N2O9. The Balaban J connectivity index is 0.966. The molecule has 0 amide bonds. The number of epoxide rings is 1. The zero-order valence-electron chi connectivity index (χ0n) is 31.1. The van der Waals surface area contributed by atoms with Crippen LogP contribution in [-0.4, -0.2) is 96.4 Å². The fourth-order valence-corrected chi connectivity index (χ4v) is 14.5. The van der Waals surface area contributed by atoms with Gasteiger partial charge in [0.15, 0.2) is 11.9 Å². The van der Waals surface area contributed by atoms with E-state index in [1.807, 2.05) is 20.8 Å². The van der Waals surface area contributed by atoms with Crippen molar-refractivity contribution in [1.82, 2.24) is 0 Å². The van der Waals surface area contributed by atoms with E-state index in [1.165, 1.54) is 5.71 Å². The molecule has 52 heavy (non-hydrogen) atoms. The Morgan fingerprint density at radius 1 is 0.923 bits per heavy atom. The SMILES string of the molecule is CC1(C)O[C@H]2C3(CCCC3)C(=O)OC[C@@]23[C@@H]1C(=O)[C@@H](O)[C@]1(C)[C@@H]3CC[C@@]2(C)[C@H](C3=CCOC3CCC3CCC(C4=NC=NC4)CC3)OC(=O)[C@H]3O[C@@]312. The van der Waals surface area contributed by atoms with Crippen LogP contribution in [0, 0.1) is 45.3 Å². The predicted octanol–water partition coefficient (Wildman–Crippen LogP) is 4.71. The average molecular weight is 719 g/mol. The molecule has 0 aromatic carbocycles. The van der Waals surface area contributed by atoms with Crippen molar-refractivity contribution in [3.63, 3.8) is 0 Å². The van der Waals surface area contributed by atoms with Crippen LogP contribution in [0.2, 0.25) is 0 Å². The highest BCUT2D eigenvalue weighted by atomic mass is 16.7. The molecule has 6 aliphatic heterocycles. The van der Waals surface area contributed by atoms with E-state index in [4.69, 9.17) is 23.7 Å². The first-order valence-corrected chi connectivity index (χ1v) is 20.2. The Hall–Kier alpha value is -2.47. The van der Waals surface area contributed by atoms with Gasteiger partial charge in [-0.05, 0) is 101 Å². The normalized spacial score (nSPS) is 50.7. The van der Waals surface area contributed by atoms with Crippen LogP contribution in [0.4, 0.5) is 0 Å². The average Bonchev–Trinajstić information content (AvgIpc) is 3.60. The minimum atomic E-state index is -1.38. The van der Waals surface area contributed by atoms with Crippen molar-refractivity contribution in [2.45, 2.75) is 146 Å². The van der Waals surface area contributed by atoms with Crippen LogP contribution in [0.5, 0.6) is 0 Å². The molecule has 1 N–H and O–H groups in total. The van der Waals surface area contributed by atoms with Crippen LogP contribution in [0.3, 0.4) is 0 Å². The van der Waals surface area contributed by atoms with Gasteiger partial charge in [-0.2, -0.15) is 0 Å². The molecule has 11 nitrogen and oxygen atoms in total. The van der Waals surface area contributed by atoms with Gasteiger partial charge in [0.2, 0.25) is 0 Å². The lowest BCUT2D eigenvalue weighted by molar-refractivity contribution is -0.261. The maximum absolute atomic E-state index is 14.9. The third kappa shape index (κ3) is 3.99. The van der Waals surface area contributed by atoms with Crippen LogP contribution >= 0.6 is 0 Å².